The Morgan fingerprint density at radius 1 is 1.12 bits per heavy atom. The number of rotatable bonds is 8. The molecule has 1 aliphatic rings. The summed E-state index contributed by atoms with van der Waals surface area (Å²) in [6.45, 7) is 7.03. The molecule has 0 bridgehead atoms. The second-order valence-electron chi connectivity index (χ2n) is 5.42. The molecule has 0 heterocycles. The maximum absolute atomic E-state index is 3.56. The molecule has 1 nitrogen and oxygen atoms in total. The first-order valence-electron chi connectivity index (χ1n) is 7.11. The predicted molar refractivity (Wildman–Crippen MR) is 76.3 cm³/mol. The van der Waals surface area contributed by atoms with Gasteiger partial charge in [0.2, 0.25) is 0 Å². The summed E-state index contributed by atoms with van der Waals surface area (Å²) in [4.78, 5) is 0. The molecule has 0 aromatic carbocycles. The van der Waals surface area contributed by atoms with Crippen molar-refractivity contribution in [1.82, 2.24) is 5.32 Å². The van der Waals surface area contributed by atoms with Gasteiger partial charge in [-0.25, -0.2) is 0 Å². The van der Waals surface area contributed by atoms with Gasteiger partial charge in [0.1, 0.15) is 0 Å². The molecule has 2 heteroatoms. The van der Waals surface area contributed by atoms with E-state index < -0.39 is 0 Å². The molecule has 1 rings (SSSR count). The fourth-order valence-electron chi connectivity index (χ4n) is 2.29. The Hall–Kier alpha value is 0.310. The van der Waals surface area contributed by atoms with Gasteiger partial charge in [0.15, 0.2) is 0 Å². The van der Waals surface area contributed by atoms with E-state index in [0.717, 1.165) is 11.2 Å². The number of hydrogen-bond acceptors (Lipinski definition) is 2. The number of nitrogens with one attached hydrogen (secondary N) is 1. The summed E-state index contributed by atoms with van der Waals surface area (Å²) in [5, 5.41) is 4.54. The van der Waals surface area contributed by atoms with Gasteiger partial charge in [-0.2, -0.15) is 11.8 Å². The van der Waals surface area contributed by atoms with E-state index in [0.29, 0.717) is 0 Å². The second-order valence-corrected chi connectivity index (χ2v) is 6.83. The van der Waals surface area contributed by atoms with E-state index in [9.17, 15) is 0 Å². The van der Waals surface area contributed by atoms with Crippen molar-refractivity contribution in [3.63, 3.8) is 0 Å². The number of thioether (sulfide) groups is 1. The molecular formula is C14H29NS. The van der Waals surface area contributed by atoms with Crippen LogP contribution in [0.5, 0.6) is 0 Å². The van der Waals surface area contributed by atoms with Crippen molar-refractivity contribution in [3.8, 4) is 0 Å². The molecule has 0 aliphatic heterocycles. The lowest BCUT2D eigenvalue weighted by Gasteiger charge is -2.20. The van der Waals surface area contributed by atoms with Crippen molar-refractivity contribution in [1.29, 1.82) is 0 Å². The van der Waals surface area contributed by atoms with Crippen LogP contribution in [0.3, 0.4) is 0 Å². The standard InChI is InChI=1S/C14H29NS/c1-13(2)7-6-10-15-11-12-16-14-8-4-3-5-9-14/h13-15H,3-12H2,1-2H3. The van der Waals surface area contributed by atoms with E-state index >= 15 is 0 Å². The highest BCUT2D eigenvalue weighted by atomic mass is 32.2. The van der Waals surface area contributed by atoms with Gasteiger partial charge < -0.3 is 5.32 Å². The third-order valence-electron chi connectivity index (χ3n) is 3.32. The molecule has 0 aromatic heterocycles. The molecule has 0 spiro atoms. The Labute approximate surface area is 106 Å². The Balaban J connectivity index is 1.80. The Kier molecular flexibility index (Phi) is 8.40. The number of hydrogen-bond donors (Lipinski definition) is 1. The molecule has 0 saturated heterocycles. The molecule has 0 amide bonds. The first-order valence-corrected chi connectivity index (χ1v) is 8.16. The lowest BCUT2D eigenvalue weighted by atomic mass is 10.0. The minimum absolute atomic E-state index is 0.860. The van der Waals surface area contributed by atoms with E-state index in [1.54, 1.807) is 0 Å². The third kappa shape index (κ3) is 7.56. The van der Waals surface area contributed by atoms with Crippen LogP contribution >= 0.6 is 11.8 Å². The van der Waals surface area contributed by atoms with Gasteiger partial charge in [0.05, 0.1) is 0 Å². The molecule has 0 radical (unpaired) electrons. The lowest BCUT2D eigenvalue weighted by Crippen LogP contribution is -2.20. The summed E-state index contributed by atoms with van der Waals surface area (Å²) < 4.78 is 0. The summed E-state index contributed by atoms with van der Waals surface area (Å²) in [6.07, 6.45) is 10.1. The molecule has 96 valence electrons. The fraction of sp³-hybridized carbons (Fsp3) is 1.00. The highest BCUT2D eigenvalue weighted by Crippen LogP contribution is 2.27. The maximum Gasteiger partial charge on any atom is 0.00608 e. The zero-order valence-corrected chi connectivity index (χ0v) is 12.0. The molecule has 0 atom stereocenters. The van der Waals surface area contributed by atoms with Crippen LogP contribution in [0.1, 0.15) is 58.8 Å². The molecule has 0 aromatic rings. The van der Waals surface area contributed by atoms with E-state index in [-0.39, 0.29) is 0 Å². The first-order chi connectivity index (χ1) is 7.79. The largest absolute Gasteiger partial charge is 0.316 e. The van der Waals surface area contributed by atoms with E-state index in [4.69, 9.17) is 0 Å². The van der Waals surface area contributed by atoms with Crippen molar-refractivity contribution in [3.05, 3.63) is 0 Å². The molecule has 0 unspecified atom stereocenters. The van der Waals surface area contributed by atoms with Gasteiger partial charge in [-0.1, -0.05) is 33.1 Å². The maximum atomic E-state index is 3.56. The normalized spacial score (nSPS) is 18.2. The molecule has 1 N–H and O–H groups in total. The van der Waals surface area contributed by atoms with Crippen molar-refractivity contribution in [2.45, 2.75) is 64.0 Å². The van der Waals surface area contributed by atoms with Crippen LogP contribution in [-0.4, -0.2) is 24.1 Å². The highest BCUT2D eigenvalue weighted by molar-refractivity contribution is 7.99. The SMILES string of the molecule is CC(C)CCCNCCSC1CCCCC1. The Bertz CT molecular complexity index is 153. The minimum Gasteiger partial charge on any atom is -0.316 e. The minimum atomic E-state index is 0.860. The molecular weight excluding hydrogens is 214 g/mol. The summed E-state index contributed by atoms with van der Waals surface area (Å²) in [5.74, 6) is 2.17. The van der Waals surface area contributed by atoms with Crippen LogP contribution in [0.25, 0.3) is 0 Å². The van der Waals surface area contributed by atoms with Crippen LogP contribution in [0, 0.1) is 5.92 Å². The highest BCUT2D eigenvalue weighted by Gasteiger charge is 2.12. The van der Waals surface area contributed by atoms with E-state index in [1.165, 1.54) is 63.8 Å². The Morgan fingerprint density at radius 3 is 2.56 bits per heavy atom. The van der Waals surface area contributed by atoms with Gasteiger partial charge in [0, 0.05) is 17.5 Å². The molecule has 1 fully saturated rings. The van der Waals surface area contributed by atoms with Crippen molar-refractivity contribution < 1.29 is 0 Å². The van der Waals surface area contributed by atoms with Crippen LogP contribution in [0.4, 0.5) is 0 Å². The van der Waals surface area contributed by atoms with Crippen molar-refractivity contribution >= 4 is 11.8 Å². The quantitative estimate of drug-likeness (QED) is 0.645. The van der Waals surface area contributed by atoms with Crippen LogP contribution in [0.2, 0.25) is 0 Å². The smallest absolute Gasteiger partial charge is 0.00608 e. The zero-order chi connectivity index (χ0) is 11.6. The van der Waals surface area contributed by atoms with Crippen LogP contribution in [-0.2, 0) is 0 Å². The summed E-state index contributed by atoms with van der Waals surface area (Å²) in [6, 6.07) is 0. The molecule has 1 saturated carbocycles. The first kappa shape index (κ1) is 14.4. The fourth-order valence-corrected chi connectivity index (χ4v) is 3.55. The van der Waals surface area contributed by atoms with Gasteiger partial charge >= 0.3 is 0 Å². The molecule has 1 aliphatic carbocycles. The summed E-state index contributed by atoms with van der Waals surface area (Å²) >= 11 is 2.20. The van der Waals surface area contributed by atoms with Crippen molar-refractivity contribution in [2.24, 2.45) is 5.92 Å². The third-order valence-corrected chi connectivity index (χ3v) is 4.70. The Morgan fingerprint density at radius 2 is 1.88 bits per heavy atom. The average Bonchev–Trinajstić information content (AvgIpc) is 2.29. The van der Waals surface area contributed by atoms with Gasteiger partial charge in [-0.05, 0) is 38.1 Å². The summed E-state index contributed by atoms with van der Waals surface area (Å²) in [5.41, 5.74) is 0. The van der Waals surface area contributed by atoms with Gasteiger partial charge in [-0.3, -0.25) is 0 Å². The van der Waals surface area contributed by atoms with Crippen LogP contribution in [0.15, 0.2) is 0 Å². The zero-order valence-electron chi connectivity index (χ0n) is 11.1. The lowest BCUT2D eigenvalue weighted by molar-refractivity contribution is 0.515. The second kappa shape index (κ2) is 9.35. The average molecular weight is 243 g/mol. The van der Waals surface area contributed by atoms with Crippen molar-refractivity contribution in [2.75, 3.05) is 18.8 Å². The van der Waals surface area contributed by atoms with Crippen LogP contribution < -0.4 is 5.32 Å². The van der Waals surface area contributed by atoms with Gasteiger partial charge in [-0.15, -0.1) is 0 Å². The topological polar surface area (TPSA) is 12.0 Å². The molecule has 16 heavy (non-hydrogen) atoms. The summed E-state index contributed by atoms with van der Waals surface area (Å²) in [7, 11) is 0. The van der Waals surface area contributed by atoms with Gasteiger partial charge in [0.25, 0.3) is 0 Å². The van der Waals surface area contributed by atoms with E-state index in [2.05, 4.69) is 30.9 Å². The van der Waals surface area contributed by atoms with E-state index in [1.807, 2.05) is 0 Å². The monoisotopic (exact) mass is 243 g/mol. The predicted octanol–water partition coefficient (Wildman–Crippen LogP) is 4.08.